The van der Waals surface area contributed by atoms with Crippen LogP contribution < -0.4 is 25.4 Å². The molecule has 1 aliphatic heterocycles. The number of urea groups is 1. The van der Waals surface area contributed by atoms with Crippen molar-refractivity contribution in [3.63, 3.8) is 0 Å². The second kappa shape index (κ2) is 19.9. The highest BCUT2D eigenvalue weighted by molar-refractivity contribution is 7.10. The SMILES string of the molecule is COC(=O)CC(NC(=O)NC(CCCCNC(=O)OCc1ccccc1)COC(=O)N(Cc1cccs1)Cc1cccs1)c1ccc2c(c1)OCO2. The summed E-state index contributed by atoms with van der Waals surface area (Å²) in [5.41, 5.74) is 1.51. The number of amides is 4. The standard InChI is InChI=1S/C37H42N4O9S2/c1-46-34(42)20-31(27-14-15-32-33(19-27)50-25-49-32)40-35(43)39-28(11-5-6-16-38-36(44)47-23-26-9-3-2-4-10-26)24-48-37(45)41(21-29-12-7-17-51-29)22-30-13-8-18-52-30/h2-4,7-10,12-15,17-19,28,31H,5-6,11,16,20-25H2,1H3,(H,38,44)(H2,39,40,43). The quantitative estimate of drug-likeness (QED) is 0.0570. The average Bonchev–Trinajstić information content (AvgIpc) is 3.96. The molecule has 0 fully saturated rings. The molecule has 15 heteroatoms. The summed E-state index contributed by atoms with van der Waals surface area (Å²) >= 11 is 3.10. The largest absolute Gasteiger partial charge is 0.469 e. The summed E-state index contributed by atoms with van der Waals surface area (Å²) in [6.07, 6.45) is 0.436. The first-order chi connectivity index (χ1) is 25.4. The molecule has 1 aliphatic rings. The van der Waals surface area contributed by atoms with Gasteiger partial charge in [-0.15, -0.1) is 22.7 Å². The molecule has 0 spiro atoms. The van der Waals surface area contributed by atoms with Crippen LogP contribution in [0.5, 0.6) is 11.5 Å². The Morgan fingerprint density at radius 2 is 1.58 bits per heavy atom. The summed E-state index contributed by atoms with van der Waals surface area (Å²) in [6, 6.07) is 20.5. The van der Waals surface area contributed by atoms with E-state index in [0.717, 1.165) is 15.3 Å². The van der Waals surface area contributed by atoms with Gasteiger partial charge in [0, 0.05) is 16.3 Å². The van der Waals surface area contributed by atoms with Crippen molar-refractivity contribution in [3.05, 3.63) is 104 Å². The smallest absolute Gasteiger partial charge is 0.410 e. The Kier molecular flexibility index (Phi) is 14.6. The van der Waals surface area contributed by atoms with Crippen molar-refractivity contribution in [2.24, 2.45) is 0 Å². The van der Waals surface area contributed by atoms with Crippen molar-refractivity contribution in [2.45, 2.75) is 57.5 Å². The van der Waals surface area contributed by atoms with Crippen LogP contribution in [0.3, 0.4) is 0 Å². The van der Waals surface area contributed by atoms with Gasteiger partial charge in [-0.05, 0) is 65.4 Å². The number of hydrogen-bond acceptors (Lipinski definition) is 11. The number of benzene rings is 2. The number of hydrogen-bond donors (Lipinski definition) is 3. The molecule has 0 bridgehead atoms. The van der Waals surface area contributed by atoms with Crippen LogP contribution in [0.15, 0.2) is 83.6 Å². The first-order valence-corrected chi connectivity index (χ1v) is 18.6. The zero-order chi connectivity index (χ0) is 36.5. The zero-order valence-corrected chi connectivity index (χ0v) is 30.4. The van der Waals surface area contributed by atoms with E-state index >= 15 is 0 Å². The Balaban J connectivity index is 1.19. The van der Waals surface area contributed by atoms with E-state index in [9.17, 15) is 19.2 Å². The van der Waals surface area contributed by atoms with Gasteiger partial charge in [0.05, 0.1) is 38.7 Å². The third kappa shape index (κ3) is 12.2. The molecule has 0 saturated carbocycles. The molecule has 2 aromatic carbocycles. The number of esters is 1. The number of alkyl carbamates (subject to hydrolysis) is 1. The minimum Gasteiger partial charge on any atom is -0.469 e. The maximum atomic E-state index is 13.5. The van der Waals surface area contributed by atoms with E-state index < -0.39 is 36.3 Å². The lowest BCUT2D eigenvalue weighted by Crippen LogP contribution is -2.46. The molecule has 4 amide bonds. The van der Waals surface area contributed by atoms with Crippen LogP contribution >= 0.6 is 22.7 Å². The van der Waals surface area contributed by atoms with Gasteiger partial charge in [0.15, 0.2) is 11.5 Å². The van der Waals surface area contributed by atoms with Crippen molar-refractivity contribution < 1.29 is 42.9 Å². The highest BCUT2D eigenvalue weighted by Crippen LogP contribution is 2.35. The Bertz CT molecular complexity index is 1690. The van der Waals surface area contributed by atoms with Crippen LogP contribution in [0.4, 0.5) is 14.4 Å². The molecule has 2 unspecified atom stereocenters. The summed E-state index contributed by atoms with van der Waals surface area (Å²) in [5.74, 6) is 0.560. The summed E-state index contributed by atoms with van der Waals surface area (Å²) < 4.78 is 26.9. The van der Waals surface area contributed by atoms with E-state index in [1.165, 1.54) is 7.11 Å². The lowest BCUT2D eigenvalue weighted by Gasteiger charge is -2.25. The maximum absolute atomic E-state index is 13.5. The molecule has 4 aromatic rings. The number of nitrogens with one attached hydrogen (secondary N) is 3. The van der Waals surface area contributed by atoms with Gasteiger partial charge in [0.2, 0.25) is 6.79 Å². The van der Waals surface area contributed by atoms with Gasteiger partial charge in [0.25, 0.3) is 0 Å². The highest BCUT2D eigenvalue weighted by Gasteiger charge is 2.25. The molecule has 0 aliphatic carbocycles. The van der Waals surface area contributed by atoms with Gasteiger partial charge in [-0.2, -0.15) is 0 Å². The fourth-order valence-corrected chi connectivity index (χ4v) is 6.76. The van der Waals surface area contributed by atoms with Crippen LogP contribution in [0, 0.1) is 0 Å². The van der Waals surface area contributed by atoms with Crippen molar-refractivity contribution in [3.8, 4) is 11.5 Å². The van der Waals surface area contributed by atoms with Crippen LogP contribution in [0.2, 0.25) is 0 Å². The zero-order valence-electron chi connectivity index (χ0n) is 28.7. The molecule has 3 heterocycles. The monoisotopic (exact) mass is 750 g/mol. The predicted molar refractivity (Wildman–Crippen MR) is 195 cm³/mol. The summed E-state index contributed by atoms with van der Waals surface area (Å²) in [5, 5.41) is 12.4. The highest BCUT2D eigenvalue weighted by atomic mass is 32.1. The van der Waals surface area contributed by atoms with Crippen molar-refractivity contribution in [1.82, 2.24) is 20.9 Å². The number of rotatable bonds is 18. The van der Waals surface area contributed by atoms with E-state index in [0.29, 0.717) is 56.0 Å². The topological polar surface area (TPSA) is 154 Å². The summed E-state index contributed by atoms with van der Waals surface area (Å²) in [7, 11) is 1.28. The molecule has 3 N–H and O–H groups in total. The molecular formula is C37H42N4O9S2. The lowest BCUT2D eigenvalue weighted by molar-refractivity contribution is -0.141. The van der Waals surface area contributed by atoms with Crippen LogP contribution in [0.25, 0.3) is 0 Å². The Morgan fingerprint density at radius 3 is 2.27 bits per heavy atom. The molecule has 2 aromatic heterocycles. The molecule has 5 rings (SSSR count). The fourth-order valence-electron chi connectivity index (χ4n) is 5.32. The Hall–Kier alpha value is -5.28. The molecule has 0 radical (unpaired) electrons. The average molecular weight is 751 g/mol. The first-order valence-electron chi connectivity index (χ1n) is 16.8. The second-order valence-corrected chi connectivity index (χ2v) is 13.9. The molecule has 13 nitrogen and oxygen atoms in total. The van der Waals surface area contributed by atoms with E-state index in [1.807, 2.05) is 65.4 Å². The molecule has 52 heavy (non-hydrogen) atoms. The van der Waals surface area contributed by atoms with Crippen LogP contribution in [-0.2, 0) is 38.7 Å². The predicted octanol–water partition coefficient (Wildman–Crippen LogP) is 6.75. The van der Waals surface area contributed by atoms with E-state index in [2.05, 4.69) is 16.0 Å². The van der Waals surface area contributed by atoms with Gasteiger partial charge in [-0.25, -0.2) is 14.4 Å². The Labute approximate surface area is 310 Å². The van der Waals surface area contributed by atoms with E-state index in [-0.39, 0.29) is 26.4 Å². The van der Waals surface area contributed by atoms with Gasteiger partial charge >= 0.3 is 24.2 Å². The number of methoxy groups -OCH3 is 1. The second-order valence-electron chi connectivity index (χ2n) is 11.8. The van der Waals surface area contributed by atoms with Gasteiger partial charge in [-0.1, -0.05) is 48.5 Å². The molecule has 2 atom stereocenters. The van der Waals surface area contributed by atoms with E-state index in [4.69, 9.17) is 23.7 Å². The minimum absolute atomic E-state index is 0.0806. The first kappa shape index (κ1) is 38.0. The third-order valence-corrected chi connectivity index (χ3v) is 9.74. The lowest BCUT2D eigenvalue weighted by atomic mass is 10.0. The number of nitrogens with zero attached hydrogens (tertiary/aromatic N) is 1. The Morgan fingerprint density at radius 1 is 0.846 bits per heavy atom. The van der Waals surface area contributed by atoms with Crippen molar-refractivity contribution >= 4 is 46.9 Å². The number of fused-ring (bicyclic) bond motifs is 1. The number of ether oxygens (including phenoxy) is 5. The summed E-state index contributed by atoms with van der Waals surface area (Å²) in [4.78, 5) is 55.1. The molecule has 276 valence electrons. The van der Waals surface area contributed by atoms with Crippen LogP contribution in [-0.4, -0.2) is 62.2 Å². The third-order valence-electron chi connectivity index (χ3n) is 8.02. The molecular weight excluding hydrogens is 709 g/mol. The maximum Gasteiger partial charge on any atom is 0.410 e. The van der Waals surface area contributed by atoms with Crippen LogP contribution in [0.1, 0.15) is 52.6 Å². The van der Waals surface area contributed by atoms with Gasteiger partial charge in [0.1, 0.15) is 13.2 Å². The van der Waals surface area contributed by atoms with Gasteiger partial charge in [-0.3, -0.25) is 9.69 Å². The number of unbranched alkanes of at least 4 members (excludes halogenated alkanes) is 1. The fraction of sp³-hybridized carbons (Fsp3) is 0.351. The normalized spacial score (nSPS) is 12.6. The van der Waals surface area contributed by atoms with Gasteiger partial charge < -0.3 is 39.6 Å². The number of carbonyl (C=O) groups is 4. The summed E-state index contributed by atoms with van der Waals surface area (Å²) in [6.45, 7) is 1.26. The number of thiophene rings is 2. The molecule has 0 saturated heterocycles. The minimum atomic E-state index is -0.747. The van der Waals surface area contributed by atoms with Crippen molar-refractivity contribution in [1.29, 1.82) is 0 Å². The number of carbonyl (C=O) groups excluding carboxylic acids is 4. The van der Waals surface area contributed by atoms with Crippen molar-refractivity contribution in [2.75, 3.05) is 27.1 Å². The van der Waals surface area contributed by atoms with E-state index in [1.54, 1.807) is 45.8 Å².